The Morgan fingerprint density at radius 1 is 1.15 bits per heavy atom. The summed E-state index contributed by atoms with van der Waals surface area (Å²) in [6, 6.07) is 0. The van der Waals surface area contributed by atoms with Crippen LogP contribution in [0.2, 0.25) is 0 Å². The summed E-state index contributed by atoms with van der Waals surface area (Å²) in [5, 5.41) is 25.1. The zero-order valence-corrected chi connectivity index (χ0v) is 6.77. The normalized spacial score (nSPS) is 12.1. The summed E-state index contributed by atoms with van der Waals surface area (Å²) in [7, 11) is 0. The van der Waals surface area contributed by atoms with Gasteiger partial charge in [0.25, 0.3) is 0 Å². The van der Waals surface area contributed by atoms with Crippen molar-refractivity contribution in [3.05, 3.63) is 0 Å². The second-order valence-electron chi connectivity index (χ2n) is 2.47. The van der Waals surface area contributed by atoms with Gasteiger partial charge in [-0.1, -0.05) is 0 Å². The molecule has 0 spiro atoms. The molecule has 0 radical (unpaired) electrons. The summed E-state index contributed by atoms with van der Waals surface area (Å²) in [5.74, 6) is -3.88. The van der Waals surface area contributed by atoms with Crippen LogP contribution in [0.15, 0.2) is 0 Å². The molecule has 1 atom stereocenters. The fourth-order valence-corrected chi connectivity index (χ4v) is 0.686. The number of rotatable bonds is 6. The molecule has 0 aliphatic rings. The van der Waals surface area contributed by atoms with Crippen LogP contribution in [-0.2, 0) is 14.4 Å². The van der Waals surface area contributed by atoms with E-state index >= 15 is 0 Å². The number of carbonyl (C=O) groups is 3. The Hall–Kier alpha value is -1.43. The standard InChI is InChI=1S/C7H10O6/c8-4(6(10)11)2-1-3-5(9)7(12)13/h4,8H,1-3H2,(H,10,11)(H,12,13)/t4-/m0/s1. The summed E-state index contributed by atoms with van der Waals surface area (Å²) >= 11 is 0. The zero-order chi connectivity index (χ0) is 10.4. The molecule has 0 saturated heterocycles. The average Bonchev–Trinajstić information content (AvgIpc) is 2.03. The van der Waals surface area contributed by atoms with Gasteiger partial charge in [0.1, 0.15) is 0 Å². The van der Waals surface area contributed by atoms with Crippen LogP contribution >= 0.6 is 0 Å². The quantitative estimate of drug-likeness (QED) is 0.475. The summed E-state index contributed by atoms with van der Waals surface area (Å²) in [6.45, 7) is 0. The minimum Gasteiger partial charge on any atom is -0.479 e. The molecule has 0 bridgehead atoms. The van der Waals surface area contributed by atoms with E-state index in [2.05, 4.69) is 0 Å². The molecule has 3 N–H and O–H groups in total. The number of aliphatic carboxylic acids is 2. The molecule has 0 unspecified atom stereocenters. The number of ketones is 1. The first-order valence-corrected chi connectivity index (χ1v) is 3.62. The number of carbonyl (C=O) groups excluding carboxylic acids is 1. The monoisotopic (exact) mass is 190 g/mol. The van der Waals surface area contributed by atoms with Gasteiger partial charge in [-0.05, 0) is 12.8 Å². The van der Waals surface area contributed by atoms with E-state index in [9.17, 15) is 14.4 Å². The van der Waals surface area contributed by atoms with E-state index in [1.54, 1.807) is 0 Å². The second-order valence-corrected chi connectivity index (χ2v) is 2.47. The third-order valence-electron chi connectivity index (χ3n) is 1.40. The fraction of sp³-hybridized carbons (Fsp3) is 0.571. The van der Waals surface area contributed by atoms with Gasteiger partial charge in [0.05, 0.1) is 0 Å². The van der Waals surface area contributed by atoms with Crippen LogP contribution in [0.5, 0.6) is 0 Å². The smallest absolute Gasteiger partial charge is 0.372 e. The fourth-order valence-electron chi connectivity index (χ4n) is 0.686. The number of hydrogen-bond donors (Lipinski definition) is 3. The lowest BCUT2D eigenvalue weighted by atomic mass is 10.1. The molecule has 0 rings (SSSR count). The van der Waals surface area contributed by atoms with Crippen molar-refractivity contribution in [1.29, 1.82) is 0 Å². The molecule has 0 aromatic heterocycles. The summed E-state index contributed by atoms with van der Waals surface area (Å²) in [4.78, 5) is 30.5. The maximum absolute atomic E-state index is 10.5. The van der Waals surface area contributed by atoms with Crippen molar-refractivity contribution in [3.63, 3.8) is 0 Å². The van der Waals surface area contributed by atoms with Crippen molar-refractivity contribution >= 4 is 17.7 Å². The minimum atomic E-state index is -1.54. The first-order chi connectivity index (χ1) is 5.95. The molecule has 0 fully saturated rings. The lowest BCUT2D eigenvalue weighted by Gasteiger charge is -2.02. The molecule has 0 aromatic rings. The number of carboxylic acid groups (broad SMARTS) is 2. The van der Waals surface area contributed by atoms with E-state index < -0.39 is 23.8 Å². The van der Waals surface area contributed by atoms with E-state index in [4.69, 9.17) is 15.3 Å². The molecule has 0 saturated carbocycles. The topological polar surface area (TPSA) is 112 Å². The summed E-state index contributed by atoms with van der Waals surface area (Å²) in [6.07, 6.45) is -1.84. The third-order valence-corrected chi connectivity index (χ3v) is 1.40. The van der Waals surface area contributed by atoms with Gasteiger partial charge in [0.2, 0.25) is 5.78 Å². The second kappa shape index (κ2) is 5.26. The molecule has 74 valence electrons. The molecule has 6 heteroatoms. The van der Waals surface area contributed by atoms with Gasteiger partial charge in [-0.25, -0.2) is 9.59 Å². The molecule has 6 nitrogen and oxygen atoms in total. The lowest BCUT2D eigenvalue weighted by Crippen LogP contribution is -2.20. The number of Topliss-reactive ketones (excluding diaryl/α,β-unsaturated/α-hetero) is 1. The van der Waals surface area contributed by atoms with Gasteiger partial charge < -0.3 is 15.3 Å². The van der Waals surface area contributed by atoms with E-state index in [0.717, 1.165) is 0 Å². The van der Waals surface area contributed by atoms with Gasteiger partial charge in [-0.3, -0.25) is 4.79 Å². The number of aliphatic hydroxyl groups is 1. The van der Waals surface area contributed by atoms with E-state index in [0.29, 0.717) is 0 Å². The van der Waals surface area contributed by atoms with Gasteiger partial charge >= 0.3 is 11.9 Å². The minimum absolute atomic E-state index is 0.0542. The third kappa shape index (κ3) is 4.91. The van der Waals surface area contributed by atoms with Gasteiger partial charge in [0.15, 0.2) is 6.10 Å². The molecular formula is C7H10O6. The maximum Gasteiger partial charge on any atom is 0.372 e. The zero-order valence-electron chi connectivity index (χ0n) is 6.77. The number of hydrogen-bond acceptors (Lipinski definition) is 4. The highest BCUT2D eigenvalue weighted by atomic mass is 16.4. The van der Waals surface area contributed by atoms with Gasteiger partial charge in [-0.15, -0.1) is 0 Å². The molecule has 0 heterocycles. The summed E-state index contributed by atoms with van der Waals surface area (Å²) < 4.78 is 0. The van der Waals surface area contributed by atoms with Crippen molar-refractivity contribution in [2.75, 3.05) is 0 Å². The van der Waals surface area contributed by atoms with Crippen LogP contribution < -0.4 is 0 Å². The molecule has 13 heavy (non-hydrogen) atoms. The maximum atomic E-state index is 10.5. The Kier molecular flexibility index (Phi) is 4.68. The molecular weight excluding hydrogens is 180 g/mol. The van der Waals surface area contributed by atoms with E-state index in [1.807, 2.05) is 0 Å². The van der Waals surface area contributed by atoms with Gasteiger partial charge in [0, 0.05) is 6.42 Å². The SMILES string of the molecule is O=C(O)C(=O)CCC[C@H](O)C(=O)O. The van der Waals surface area contributed by atoms with E-state index in [-0.39, 0.29) is 19.3 Å². The molecule has 0 aliphatic heterocycles. The highest BCUT2D eigenvalue weighted by Gasteiger charge is 2.15. The van der Waals surface area contributed by atoms with Crippen molar-refractivity contribution in [2.24, 2.45) is 0 Å². The van der Waals surface area contributed by atoms with Crippen LogP contribution in [-0.4, -0.2) is 39.1 Å². The highest BCUT2D eigenvalue weighted by Crippen LogP contribution is 2.01. The van der Waals surface area contributed by atoms with Crippen LogP contribution in [0.3, 0.4) is 0 Å². The predicted molar refractivity (Wildman–Crippen MR) is 40.1 cm³/mol. The molecule has 0 aromatic carbocycles. The molecule has 0 aliphatic carbocycles. The first kappa shape index (κ1) is 11.6. The first-order valence-electron chi connectivity index (χ1n) is 3.62. The Labute approximate surface area is 73.8 Å². The summed E-state index contributed by atoms with van der Waals surface area (Å²) in [5.41, 5.74) is 0. The number of carboxylic acids is 2. The number of aliphatic hydroxyl groups excluding tert-OH is 1. The Bertz CT molecular complexity index is 221. The Morgan fingerprint density at radius 3 is 2.08 bits per heavy atom. The van der Waals surface area contributed by atoms with Crippen LogP contribution in [0.25, 0.3) is 0 Å². The van der Waals surface area contributed by atoms with Crippen LogP contribution in [0.4, 0.5) is 0 Å². The predicted octanol–water partition coefficient (Wildman–Crippen LogP) is -0.744. The highest BCUT2D eigenvalue weighted by molar-refractivity contribution is 6.32. The van der Waals surface area contributed by atoms with Crippen molar-refractivity contribution in [1.82, 2.24) is 0 Å². The average molecular weight is 190 g/mol. The van der Waals surface area contributed by atoms with Crippen LogP contribution in [0, 0.1) is 0 Å². The van der Waals surface area contributed by atoms with Crippen LogP contribution in [0.1, 0.15) is 19.3 Å². The molecule has 0 amide bonds. The lowest BCUT2D eigenvalue weighted by molar-refractivity contribution is -0.149. The largest absolute Gasteiger partial charge is 0.479 e. The van der Waals surface area contributed by atoms with Crippen molar-refractivity contribution in [2.45, 2.75) is 25.4 Å². The Balaban J connectivity index is 3.62. The van der Waals surface area contributed by atoms with Crippen molar-refractivity contribution < 1.29 is 29.7 Å². The van der Waals surface area contributed by atoms with Gasteiger partial charge in [-0.2, -0.15) is 0 Å². The Morgan fingerprint density at radius 2 is 1.69 bits per heavy atom. The van der Waals surface area contributed by atoms with E-state index in [1.165, 1.54) is 0 Å². The van der Waals surface area contributed by atoms with Crippen molar-refractivity contribution in [3.8, 4) is 0 Å².